The molecule has 0 bridgehead atoms. The van der Waals surface area contributed by atoms with Gasteiger partial charge in [0.05, 0.1) is 0 Å². The molecule has 0 aromatic rings. The lowest BCUT2D eigenvalue weighted by Crippen LogP contribution is -2.00. The van der Waals surface area contributed by atoms with Crippen molar-refractivity contribution in [2.24, 2.45) is 5.92 Å². The Morgan fingerprint density at radius 1 is 0.364 bits per heavy atom. The second-order valence-electron chi connectivity index (χ2n) is 7.47. The Hall–Kier alpha value is 0. The fourth-order valence-corrected chi connectivity index (χ4v) is 3.61. The predicted octanol–water partition coefficient (Wildman–Crippen LogP) is 8.68. The Balaban J connectivity index is 3.23. The van der Waals surface area contributed by atoms with Crippen molar-refractivity contribution in [1.82, 2.24) is 0 Å². The van der Waals surface area contributed by atoms with Crippen molar-refractivity contribution in [3.63, 3.8) is 0 Å². The Bertz CT molecular complexity index is 184. The van der Waals surface area contributed by atoms with Crippen LogP contribution in [0.2, 0.25) is 0 Å². The minimum Gasteiger partial charge on any atom is -0.0654 e. The molecule has 0 saturated carbocycles. The molecule has 0 nitrogen and oxygen atoms in total. The van der Waals surface area contributed by atoms with Gasteiger partial charge in [-0.25, -0.2) is 0 Å². The van der Waals surface area contributed by atoms with Crippen molar-refractivity contribution in [2.75, 3.05) is 0 Å². The first-order valence-corrected chi connectivity index (χ1v) is 10.8. The molecule has 0 aliphatic heterocycles. The minimum atomic E-state index is 1.04. The smallest absolute Gasteiger partial charge is 0.0414 e. The highest BCUT2D eigenvalue weighted by atomic mass is 14.1. The van der Waals surface area contributed by atoms with E-state index in [2.05, 4.69) is 20.8 Å². The topological polar surface area (TPSA) is 0 Å². The van der Waals surface area contributed by atoms with Crippen molar-refractivity contribution in [2.45, 2.75) is 136 Å². The van der Waals surface area contributed by atoms with Crippen LogP contribution in [0.3, 0.4) is 0 Å². The summed E-state index contributed by atoms with van der Waals surface area (Å²) in [6.07, 6.45) is 26.3. The lowest BCUT2D eigenvalue weighted by Gasteiger charge is -2.15. The summed E-state index contributed by atoms with van der Waals surface area (Å²) >= 11 is 0. The summed E-state index contributed by atoms with van der Waals surface area (Å²) in [7, 11) is 0. The van der Waals surface area contributed by atoms with Gasteiger partial charge in [-0.05, 0) is 5.92 Å². The van der Waals surface area contributed by atoms with E-state index < -0.39 is 0 Å². The molecule has 1 unspecified atom stereocenters. The van der Waals surface area contributed by atoms with Gasteiger partial charge < -0.3 is 0 Å². The van der Waals surface area contributed by atoms with Crippen LogP contribution >= 0.6 is 0 Å². The zero-order valence-electron chi connectivity index (χ0n) is 16.3. The van der Waals surface area contributed by atoms with Crippen molar-refractivity contribution < 1.29 is 0 Å². The van der Waals surface area contributed by atoms with Crippen molar-refractivity contribution in [3.8, 4) is 0 Å². The number of hydrogen-bond donors (Lipinski definition) is 0. The standard InChI is InChI=1S/C22H46/c1-4-7-9-10-11-12-13-14-15-16-17-18-21-22(19-6-3)20-8-5-2/h22H,4-21H2,1-3H3. The molecule has 0 amide bonds. The lowest BCUT2D eigenvalue weighted by molar-refractivity contribution is 0.383. The first kappa shape index (κ1) is 22.0. The Morgan fingerprint density at radius 3 is 1.23 bits per heavy atom. The molecule has 0 rings (SSSR count). The molecule has 0 aromatic carbocycles. The van der Waals surface area contributed by atoms with E-state index in [1.54, 1.807) is 0 Å². The highest BCUT2D eigenvalue weighted by Gasteiger charge is 2.06. The largest absolute Gasteiger partial charge is 0.0654 e. The molecule has 0 heterocycles. The second-order valence-corrected chi connectivity index (χ2v) is 7.47. The number of unbranched alkanes of at least 4 members (excludes halogenated alkanes) is 12. The number of rotatable bonds is 18. The third-order valence-electron chi connectivity index (χ3n) is 5.13. The van der Waals surface area contributed by atoms with E-state index in [4.69, 9.17) is 0 Å². The SMILES string of the molecule is CCCCCCCCCCCCCCC(CCC)CCCC. The van der Waals surface area contributed by atoms with E-state index in [1.807, 2.05) is 0 Å². The molecule has 0 fully saturated rings. The van der Waals surface area contributed by atoms with Crippen LogP contribution < -0.4 is 0 Å². The average Bonchev–Trinajstić information content (AvgIpc) is 2.53. The Labute approximate surface area is 142 Å². The van der Waals surface area contributed by atoms with Crippen LogP contribution in [0, 0.1) is 5.92 Å². The van der Waals surface area contributed by atoms with E-state index in [0.717, 1.165) is 5.92 Å². The van der Waals surface area contributed by atoms with Gasteiger partial charge in [0, 0.05) is 0 Å². The van der Waals surface area contributed by atoms with Crippen LogP contribution in [0.1, 0.15) is 136 Å². The molecule has 1 atom stereocenters. The van der Waals surface area contributed by atoms with Gasteiger partial charge in [-0.2, -0.15) is 0 Å². The van der Waals surface area contributed by atoms with Crippen molar-refractivity contribution in [1.29, 1.82) is 0 Å². The summed E-state index contributed by atoms with van der Waals surface area (Å²) in [5.41, 5.74) is 0. The fourth-order valence-electron chi connectivity index (χ4n) is 3.61. The summed E-state index contributed by atoms with van der Waals surface area (Å²) in [4.78, 5) is 0. The molecule has 0 radical (unpaired) electrons. The maximum atomic E-state index is 2.35. The van der Waals surface area contributed by atoms with Gasteiger partial charge >= 0.3 is 0 Å². The van der Waals surface area contributed by atoms with E-state index in [9.17, 15) is 0 Å². The summed E-state index contributed by atoms with van der Waals surface area (Å²) < 4.78 is 0. The highest BCUT2D eigenvalue weighted by molar-refractivity contribution is 4.60. The van der Waals surface area contributed by atoms with Crippen molar-refractivity contribution >= 4 is 0 Å². The molecule has 0 spiro atoms. The summed E-state index contributed by atoms with van der Waals surface area (Å²) in [6.45, 7) is 6.97. The molecule has 22 heavy (non-hydrogen) atoms. The molecule has 0 aromatic heterocycles. The Morgan fingerprint density at radius 2 is 0.773 bits per heavy atom. The van der Waals surface area contributed by atoms with Gasteiger partial charge in [0.25, 0.3) is 0 Å². The molecular formula is C22H46. The first-order valence-electron chi connectivity index (χ1n) is 10.8. The van der Waals surface area contributed by atoms with Gasteiger partial charge in [0.1, 0.15) is 0 Å². The maximum absolute atomic E-state index is 2.35. The van der Waals surface area contributed by atoms with Crippen LogP contribution in [0.15, 0.2) is 0 Å². The lowest BCUT2D eigenvalue weighted by atomic mass is 9.91. The summed E-state index contributed by atoms with van der Waals surface area (Å²) in [5, 5.41) is 0. The molecule has 0 aliphatic rings. The van der Waals surface area contributed by atoms with Gasteiger partial charge in [-0.1, -0.05) is 136 Å². The van der Waals surface area contributed by atoms with Crippen LogP contribution in [0.4, 0.5) is 0 Å². The zero-order valence-corrected chi connectivity index (χ0v) is 16.3. The first-order chi connectivity index (χ1) is 10.8. The molecular weight excluding hydrogens is 264 g/mol. The van der Waals surface area contributed by atoms with Crippen LogP contribution in [-0.4, -0.2) is 0 Å². The van der Waals surface area contributed by atoms with Crippen LogP contribution in [0.25, 0.3) is 0 Å². The molecule has 0 saturated heterocycles. The summed E-state index contributed by atoms with van der Waals surface area (Å²) in [6, 6.07) is 0. The third-order valence-corrected chi connectivity index (χ3v) is 5.13. The van der Waals surface area contributed by atoms with Gasteiger partial charge in [-0.15, -0.1) is 0 Å². The molecule has 134 valence electrons. The van der Waals surface area contributed by atoms with E-state index in [-0.39, 0.29) is 0 Å². The van der Waals surface area contributed by atoms with Crippen LogP contribution in [-0.2, 0) is 0 Å². The molecule has 0 aliphatic carbocycles. The third kappa shape index (κ3) is 16.4. The normalized spacial score (nSPS) is 12.7. The van der Waals surface area contributed by atoms with Crippen molar-refractivity contribution in [3.05, 3.63) is 0 Å². The number of hydrogen-bond acceptors (Lipinski definition) is 0. The van der Waals surface area contributed by atoms with Gasteiger partial charge in [0.15, 0.2) is 0 Å². The van der Waals surface area contributed by atoms with E-state index in [1.165, 1.54) is 116 Å². The average molecular weight is 311 g/mol. The molecule has 0 heteroatoms. The second kappa shape index (κ2) is 19.0. The predicted molar refractivity (Wildman–Crippen MR) is 104 cm³/mol. The molecule has 0 N–H and O–H groups in total. The zero-order chi connectivity index (χ0) is 16.3. The quantitative estimate of drug-likeness (QED) is 0.222. The maximum Gasteiger partial charge on any atom is -0.0414 e. The van der Waals surface area contributed by atoms with E-state index in [0.29, 0.717) is 0 Å². The fraction of sp³-hybridized carbons (Fsp3) is 1.00. The van der Waals surface area contributed by atoms with E-state index >= 15 is 0 Å². The van der Waals surface area contributed by atoms with Gasteiger partial charge in [-0.3, -0.25) is 0 Å². The highest BCUT2D eigenvalue weighted by Crippen LogP contribution is 2.22. The minimum absolute atomic E-state index is 1.04. The summed E-state index contributed by atoms with van der Waals surface area (Å²) in [5.74, 6) is 1.04. The van der Waals surface area contributed by atoms with Crippen LogP contribution in [0.5, 0.6) is 0 Å². The van der Waals surface area contributed by atoms with Gasteiger partial charge in [0.2, 0.25) is 0 Å². The monoisotopic (exact) mass is 310 g/mol. The Kier molecular flexibility index (Phi) is 19.0.